The van der Waals surface area contributed by atoms with E-state index in [-0.39, 0.29) is 13.2 Å². The third kappa shape index (κ3) is 8.10. The van der Waals surface area contributed by atoms with Crippen molar-refractivity contribution in [2.45, 2.75) is 52.0 Å². The number of esters is 1. The number of hydrogen-bond donors (Lipinski definition) is 1. The number of ketones is 1. The van der Waals surface area contributed by atoms with Crippen LogP contribution in [0.4, 0.5) is 4.79 Å². The van der Waals surface area contributed by atoms with E-state index in [4.69, 9.17) is 25.8 Å². The molecule has 154 valence electrons. The lowest BCUT2D eigenvalue weighted by atomic mass is 10.1. The predicted octanol–water partition coefficient (Wildman–Crippen LogP) is 3.44. The Morgan fingerprint density at radius 2 is 1.89 bits per heavy atom. The first kappa shape index (κ1) is 23.7. The van der Waals surface area contributed by atoms with Gasteiger partial charge in [0.1, 0.15) is 18.2 Å². The molecular weight excluding hydrogens is 386 g/mol. The van der Waals surface area contributed by atoms with Crippen LogP contribution in [-0.4, -0.2) is 42.2 Å². The summed E-state index contributed by atoms with van der Waals surface area (Å²) in [6, 6.07) is 5.63. The number of Topliss-reactive ketones (excluding diaryl/α,β-unsaturated/α-hetero) is 1. The second-order valence-electron chi connectivity index (χ2n) is 6.98. The second-order valence-corrected chi connectivity index (χ2v) is 7.38. The Morgan fingerprint density at radius 3 is 2.43 bits per heavy atom. The largest absolute Gasteiger partial charge is 0.458 e. The number of carbonyl (C=O) groups is 3. The van der Waals surface area contributed by atoms with Gasteiger partial charge < -0.3 is 19.5 Å². The maximum Gasteiger partial charge on any atom is 0.408 e. The maximum absolute atomic E-state index is 12.7. The summed E-state index contributed by atoms with van der Waals surface area (Å²) in [6.07, 6.45) is -0.888. The summed E-state index contributed by atoms with van der Waals surface area (Å²) in [5.41, 5.74) is -0.192. The molecule has 0 aliphatic heterocycles. The van der Waals surface area contributed by atoms with Crippen LogP contribution in [0.3, 0.4) is 0 Å². The lowest BCUT2D eigenvalue weighted by Crippen LogP contribution is -2.53. The van der Waals surface area contributed by atoms with E-state index in [0.717, 1.165) is 0 Å². The van der Waals surface area contributed by atoms with Gasteiger partial charge in [0.05, 0.1) is 6.61 Å². The minimum absolute atomic E-state index is 0.0476. The maximum atomic E-state index is 12.7. The van der Waals surface area contributed by atoms with Crippen LogP contribution >= 0.6 is 11.6 Å². The number of rotatable bonds is 9. The molecule has 1 aromatic rings. The van der Waals surface area contributed by atoms with Gasteiger partial charge in [-0.3, -0.25) is 4.79 Å². The SMILES string of the molecule is C=CCOC(=O)N[C@H](C(C)=O)[C@H](OCc1ccccc1Cl)C(=O)OC(C)(C)C. The highest BCUT2D eigenvalue weighted by molar-refractivity contribution is 6.31. The molecular formula is C20H26ClNO6. The molecule has 2 atom stereocenters. The molecule has 0 heterocycles. The summed E-state index contributed by atoms with van der Waals surface area (Å²) in [7, 11) is 0. The summed E-state index contributed by atoms with van der Waals surface area (Å²) >= 11 is 6.12. The van der Waals surface area contributed by atoms with Crippen LogP contribution < -0.4 is 5.32 Å². The van der Waals surface area contributed by atoms with Crippen LogP contribution in [0, 0.1) is 0 Å². The summed E-state index contributed by atoms with van der Waals surface area (Å²) in [5, 5.41) is 2.80. The first-order chi connectivity index (χ1) is 13.0. The number of benzene rings is 1. The lowest BCUT2D eigenvalue weighted by Gasteiger charge is -2.28. The number of alkyl carbamates (subject to hydrolysis) is 1. The van der Waals surface area contributed by atoms with E-state index in [1.165, 1.54) is 13.0 Å². The quantitative estimate of drug-likeness (QED) is 0.494. The fourth-order valence-electron chi connectivity index (χ4n) is 2.15. The zero-order valence-electron chi connectivity index (χ0n) is 16.5. The topological polar surface area (TPSA) is 90.9 Å². The van der Waals surface area contributed by atoms with Crippen LogP contribution in [0.15, 0.2) is 36.9 Å². The molecule has 8 heteroatoms. The minimum Gasteiger partial charge on any atom is -0.458 e. The van der Waals surface area contributed by atoms with E-state index in [1.54, 1.807) is 45.0 Å². The van der Waals surface area contributed by atoms with Gasteiger partial charge in [-0.25, -0.2) is 9.59 Å². The van der Waals surface area contributed by atoms with Crippen LogP contribution in [-0.2, 0) is 30.4 Å². The van der Waals surface area contributed by atoms with Gasteiger partial charge in [0, 0.05) is 5.02 Å². The van der Waals surface area contributed by atoms with Crippen LogP contribution in [0.25, 0.3) is 0 Å². The monoisotopic (exact) mass is 411 g/mol. The normalized spacial score (nSPS) is 13.2. The molecule has 0 radical (unpaired) electrons. The van der Waals surface area contributed by atoms with Crippen molar-refractivity contribution in [2.24, 2.45) is 0 Å². The zero-order chi connectivity index (χ0) is 21.3. The van der Waals surface area contributed by atoms with Crippen molar-refractivity contribution in [3.05, 3.63) is 47.5 Å². The van der Waals surface area contributed by atoms with Crippen molar-refractivity contribution >= 4 is 29.4 Å². The van der Waals surface area contributed by atoms with Crippen molar-refractivity contribution < 1.29 is 28.6 Å². The fourth-order valence-corrected chi connectivity index (χ4v) is 2.34. The van der Waals surface area contributed by atoms with Gasteiger partial charge in [-0.2, -0.15) is 0 Å². The van der Waals surface area contributed by atoms with Crippen molar-refractivity contribution in [3.8, 4) is 0 Å². The second kappa shape index (κ2) is 10.8. The first-order valence-electron chi connectivity index (χ1n) is 8.67. The lowest BCUT2D eigenvalue weighted by molar-refractivity contribution is -0.172. The Kier molecular flexibility index (Phi) is 9.15. The number of nitrogens with one attached hydrogen (secondary N) is 1. The van der Waals surface area contributed by atoms with Crippen LogP contribution in [0.1, 0.15) is 33.3 Å². The van der Waals surface area contributed by atoms with E-state index >= 15 is 0 Å². The first-order valence-corrected chi connectivity index (χ1v) is 9.05. The van der Waals surface area contributed by atoms with Crippen LogP contribution in [0.2, 0.25) is 5.02 Å². The molecule has 0 spiro atoms. The molecule has 1 rings (SSSR count). The molecule has 1 N–H and O–H groups in total. The van der Waals surface area contributed by atoms with Gasteiger partial charge in [0.2, 0.25) is 0 Å². The smallest absolute Gasteiger partial charge is 0.408 e. The molecule has 0 bridgehead atoms. The highest BCUT2D eigenvalue weighted by atomic mass is 35.5. The molecule has 0 aliphatic rings. The van der Waals surface area contributed by atoms with Gasteiger partial charge >= 0.3 is 12.1 Å². The average Bonchev–Trinajstić information content (AvgIpc) is 2.58. The molecule has 0 saturated carbocycles. The number of carbonyl (C=O) groups excluding carboxylic acids is 3. The highest BCUT2D eigenvalue weighted by Gasteiger charge is 2.37. The van der Waals surface area contributed by atoms with Crippen molar-refractivity contribution in [1.82, 2.24) is 5.32 Å². The van der Waals surface area contributed by atoms with Crippen molar-refractivity contribution in [3.63, 3.8) is 0 Å². The number of amides is 1. The van der Waals surface area contributed by atoms with Crippen molar-refractivity contribution in [1.29, 1.82) is 0 Å². The van der Waals surface area contributed by atoms with E-state index in [2.05, 4.69) is 11.9 Å². The van der Waals surface area contributed by atoms with E-state index in [1.807, 2.05) is 0 Å². The Bertz CT molecular complexity index is 713. The standard InChI is InChI=1S/C20H26ClNO6/c1-6-11-26-19(25)22-16(13(2)23)17(18(24)28-20(3,4)5)27-12-14-9-7-8-10-15(14)21/h6-10,16-17H,1,11-12H2,2-5H3,(H,22,25)/t16-,17+/m1/s1. The van der Waals surface area contributed by atoms with Gasteiger partial charge in [0.25, 0.3) is 0 Å². The predicted molar refractivity (Wildman–Crippen MR) is 105 cm³/mol. The molecule has 0 aromatic heterocycles. The van der Waals surface area contributed by atoms with Gasteiger partial charge in [-0.15, -0.1) is 0 Å². The molecule has 1 aromatic carbocycles. The third-order valence-corrected chi connectivity index (χ3v) is 3.73. The van der Waals surface area contributed by atoms with Gasteiger partial charge in [0.15, 0.2) is 11.9 Å². The summed E-state index contributed by atoms with van der Waals surface area (Å²) < 4.78 is 15.9. The molecule has 0 fully saturated rings. The summed E-state index contributed by atoms with van der Waals surface area (Å²) in [5.74, 6) is -1.28. The number of halogens is 1. The molecule has 0 unspecified atom stereocenters. The molecule has 28 heavy (non-hydrogen) atoms. The van der Waals surface area contributed by atoms with E-state index in [0.29, 0.717) is 10.6 Å². The van der Waals surface area contributed by atoms with E-state index in [9.17, 15) is 14.4 Å². The Hall–Kier alpha value is -2.38. The molecule has 0 aliphatic carbocycles. The summed E-state index contributed by atoms with van der Waals surface area (Å²) in [4.78, 5) is 36.7. The highest BCUT2D eigenvalue weighted by Crippen LogP contribution is 2.19. The Labute approximate surface area is 170 Å². The van der Waals surface area contributed by atoms with Crippen molar-refractivity contribution in [2.75, 3.05) is 6.61 Å². The average molecular weight is 412 g/mol. The van der Waals surface area contributed by atoms with Gasteiger partial charge in [-0.05, 0) is 39.3 Å². The Morgan fingerprint density at radius 1 is 1.25 bits per heavy atom. The molecule has 0 saturated heterocycles. The number of ether oxygens (including phenoxy) is 3. The number of hydrogen-bond acceptors (Lipinski definition) is 6. The molecule has 7 nitrogen and oxygen atoms in total. The van der Waals surface area contributed by atoms with E-state index < -0.39 is 35.6 Å². The summed E-state index contributed by atoms with van der Waals surface area (Å²) in [6.45, 7) is 9.62. The third-order valence-electron chi connectivity index (χ3n) is 3.36. The zero-order valence-corrected chi connectivity index (χ0v) is 17.2. The minimum atomic E-state index is -1.38. The molecule has 1 amide bonds. The van der Waals surface area contributed by atoms with Gasteiger partial charge in [-0.1, -0.05) is 42.5 Å². The van der Waals surface area contributed by atoms with Crippen LogP contribution in [0.5, 0.6) is 0 Å². The Balaban J connectivity index is 3.05. The fraction of sp³-hybridized carbons (Fsp3) is 0.450.